The monoisotopic (exact) mass is 1150 g/mol. The van der Waals surface area contributed by atoms with E-state index < -0.39 is 0 Å². The van der Waals surface area contributed by atoms with Crippen LogP contribution < -0.4 is 15.1 Å². The summed E-state index contributed by atoms with van der Waals surface area (Å²) in [6.45, 7) is 13.1. The van der Waals surface area contributed by atoms with Gasteiger partial charge in [0.25, 0.3) is 0 Å². The molecule has 0 saturated heterocycles. The molecule has 0 radical (unpaired) electrons. The minimum absolute atomic E-state index is 1.13. The van der Waals surface area contributed by atoms with Gasteiger partial charge in [-0.1, -0.05) is 214 Å². The molecule has 0 bridgehead atoms. The number of halogens is 2. The lowest BCUT2D eigenvalue weighted by atomic mass is 9.91. The highest BCUT2D eigenvalue weighted by molar-refractivity contribution is 9.11. The Balaban J connectivity index is 0.000000152. The van der Waals surface area contributed by atoms with E-state index in [-0.39, 0.29) is 0 Å². The summed E-state index contributed by atoms with van der Waals surface area (Å²) in [6, 6.07) is 87.1. The van der Waals surface area contributed by atoms with Crippen molar-refractivity contribution >= 4 is 142 Å². The summed E-state index contributed by atoms with van der Waals surface area (Å²) in [5, 5.41) is 18.9. The van der Waals surface area contributed by atoms with Crippen molar-refractivity contribution < 1.29 is 0 Å². The molecule has 14 rings (SSSR count). The quantitative estimate of drug-likeness (QED) is 0.153. The summed E-state index contributed by atoms with van der Waals surface area (Å²) in [7, 11) is 0. The van der Waals surface area contributed by atoms with Gasteiger partial charge in [0.05, 0.1) is 22.7 Å². The van der Waals surface area contributed by atoms with Crippen LogP contribution in [0.3, 0.4) is 0 Å². The molecule has 0 aliphatic heterocycles. The van der Waals surface area contributed by atoms with Gasteiger partial charge in [0.15, 0.2) is 0 Å². The molecule has 0 amide bonds. The Hall–Kier alpha value is -8.48. The van der Waals surface area contributed by atoms with E-state index in [2.05, 4.69) is 313 Å². The molecule has 5 heteroatoms. The molecule has 0 atom stereocenters. The van der Waals surface area contributed by atoms with Crippen molar-refractivity contribution in [3.8, 4) is 0 Å². The van der Waals surface area contributed by atoms with Crippen molar-refractivity contribution in [3.63, 3.8) is 0 Å². The Kier molecular flexibility index (Phi) is 14.1. The van der Waals surface area contributed by atoms with Crippen LogP contribution in [-0.2, 0) is 0 Å². The summed E-state index contributed by atoms with van der Waals surface area (Å²) in [5.41, 5.74) is 17.1. The van der Waals surface area contributed by atoms with Crippen LogP contribution in [0.15, 0.2) is 252 Å². The van der Waals surface area contributed by atoms with Gasteiger partial charge in [-0.05, 0) is 189 Å². The van der Waals surface area contributed by atoms with E-state index in [0.29, 0.717) is 0 Å². The highest BCUT2D eigenvalue weighted by Crippen LogP contribution is 2.49. The van der Waals surface area contributed by atoms with Crippen molar-refractivity contribution in [2.75, 3.05) is 15.1 Å². The second-order valence-electron chi connectivity index (χ2n) is 20.7. The van der Waals surface area contributed by atoms with E-state index in [9.17, 15) is 0 Å². The third-order valence-corrected chi connectivity index (χ3v) is 16.9. The number of rotatable bonds is 8. The van der Waals surface area contributed by atoms with Crippen LogP contribution in [0.2, 0.25) is 0 Å². The molecule has 0 aromatic heterocycles. The van der Waals surface area contributed by atoms with Crippen LogP contribution in [0.4, 0.5) is 45.5 Å². The molecule has 79 heavy (non-hydrogen) atoms. The third-order valence-electron chi connectivity index (χ3n) is 15.5. The number of nitrogens with zero attached hydrogens (tertiary/aromatic N) is 2. The van der Waals surface area contributed by atoms with Gasteiger partial charge in [-0.3, -0.25) is 0 Å². The van der Waals surface area contributed by atoms with E-state index in [4.69, 9.17) is 0 Å². The average Bonchev–Trinajstić information content (AvgIpc) is 3.67. The van der Waals surface area contributed by atoms with Crippen molar-refractivity contribution in [1.29, 1.82) is 0 Å². The molecule has 0 spiro atoms. The van der Waals surface area contributed by atoms with Gasteiger partial charge in [-0.15, -0.1) is 0 Å². The number of nitrogens with one attached hydrogen (secondary N) is 1. The second-order valence-corrected chi connectivity index (χ2v) is 22.4. The Morgan fingerprint density at radius 3 is 0.962 bits per heavy atom. The SMILES string of the molecule is Brc1ccc2ccc3c(Br)ccc4ccc1c2c43.Cc1cccc(C)c1N(c1ccccc1)c1ccc2ccc3c(N(c4ccccc4)c4c(C)cccc4C)ccc4ccc1c2c43.Cc1cccc(C)c1Nc1ccccc1. The predicted molar refractivity (Wildman–Crippen MR) is 350 cm³/mol. The van der Waals surface area contributed by atoms with E-state index >= 15 is 0 Å². The number of aryl methyl sites for hydroxylation is 6. The topological polar surface area (TPSA) is 18.5 Å². The maximum atomic E-state index is 3.65. The summed E-state index contributed by atoms with van der Waals surface area (Å²) in [4.78, 5) is 4.90. The lowest BCUT2D eigenvalue weighted by Crippen LogP contribution is -2.14. The molecular weight excluding hydrogens is 1090 g/mol. The number of hydrogen-bond donors (Lipinski definition) is 1. The van der Waals surface area contributed by atoms with Crippen LogP contribution in [0.1, 0.15) is 33.4 Å². The fourth-order valence-corrected chi connectivity index (χ4v) is 12.7. The summed E-state index contributed by atoms with van der Waals surface area (Å²) in [5.74, 6) is 0. The van der Waals surface area contributed by atoms with Crippen LogP contribution in [0.5, 0.6) is 0 Å². The van der Waals surface area contributed by atoms with E-state index in [1.807, 2.05) is 18.2 Å². The van der Waals surface area contributed by atoms with Crippen LogP contribution >= 0.6 is 31.9 Å². The van der Waals surface area contributed by atoms with E-state index in [1.165, 1.54) is 126 Å². The largest absolute Gasteiger partial charge is 0.355 e. The minimum atomic E-state index is 1.13. The minimum Gasteiger partial charge on any atom is -0.355 e. The van der Waals surface area contributed by atoms with Crippen LogP contribution in [0.25, 0.3) is 64.6 Å². The molecule has 384 valence electrons. The Bertz CT molecular complexity index is 4190. The molecule has 0 fully saturated rings. The van der Waals surface area contributed by atoms with Gasteiger partial charge in [-0.2, -0.15) is 0 Å². The highest BCUT2D eigenvalue weighted by Gasteiger charge is 2.24. The molecule has 14 aromatic rings. The van der Waals surface area contributed by atoms with E-state index in [0.717, 1.165) is 26.0 Å². The zero-order valence-corrected chi connectivity index (χ0v) is 48.4. The zero-order chi connectivity index (χ0) is 54.3. The molecule has 0 saturated carbocycles. The molecule has 3 nitrogen and oxygen atoms in total. The fraction of sp³-hybridized carbons (Fsp3) is 0.0811. The molecule has 0 aliphatic carbocycles. The number of anilines is 8. The van der Waals surface area contributed by atoms with Crippen LogP contribution in [0, 0.1) is 41.5 Å². The summed E-state index contributed by atoms with van der Waals surface area (Å²) >= 11 is 7.30. The first-order valence-corrected chi connectivity index (χ1v) is 28.6. The molecule has 14 aromatic carbocycles. The lowest BCUT2D eigenvalue weighted by Gasteiger charge is -2.31. The summed E-state index contributed by atoms with van der Waals surface area (Å²) in [6.07, 6.45) is 0. The van der Waals surface area contributed by atoms with Gasteiger partial charge >= 0.3 is 0 Å². The molecule has 1 N–H and O–H groups in total. The Labute approximate surface area is 480 Å². The third kappa shape index (κ3) is 9.62. The number of benzene rings is 14. The number of para-hydroxylation sites is 6. The first kappa shape index (κ1) is 51.3. The maximum absolute atomic E-state index is 3.65. The van der Waals surface area contributed by atoms with Gasteiger partial charge in [0.1, 0.15) is 0 Å². The fourth-order valence-electron chi connectivity index (χ4n) is 11.8. The predicted octanol–water partition coefficient (Wildman–Crippen LogP) is 22.9. The maximum Gasteiger partial charge on any atom is 0.0540 e. The Morgan fingerprint density at radius 2 is 0.582 bits per heavy atom. The Morgan fingerprint density at radius 1 is 0.278 bits per heavy atom. The van der Waals surface area contributed by atoms with Gasteiger partial charge in [0.2, 0.25) is 0 Å². The lowest BCUT2D eigenvalue weighted by molar-refractivity contribution is 1.23. The first-order valence-electron chi connectivity index (χ1n) is 27.0. The van der Waals surface area contributed by atoms with Gasteiger partial charge < -0.3 is 15.1 Å². The van der Waals surface area contributed by atoms with Gasteiger partial charge in [-0.25, -0.2) is 0 Å². The smallest absolute Gasteiger partial charge is 0.0540 e. The molecule has 0 heterocycles. The van der Waals surface area contributed by atoms with Crippen molar-refractivity contribution in [2.45, 2.75) is 41.5 Å². The second kappa shape index (κ2) is 21.7. The van der Waals surface area contributed by atoms with Gasteiger partial charge in [0, 0.05) is 42.5 Å². The molecule has 0 aliphatic rings. The molecule has 0 unspecified atom stereocenters. The average molecular weight is 1150 g/mol. The zero-order valence-electron chi connectivity index (χ0n) is 45.2. The van der Waals surface area contributed by atoms with E-state index in [1.54, 1.807) is 0 Å². The van der Waals surface area contributed by atoms with Crippen molar-refractivity contribution in [3.05, 3.63) is 285 Å². The molecular formula is C74H59Br2N3. The standard InChI is InChI=1S/C44H36N2.C16H8Br2.C14H15N/c1-29-13-11-14-30(2)43(29)45(35-17-7-5-8-18-35)39-27-23-33-22-26-38-40(28-24-34-21-25-37(39)41(33)42(34)38)46(36-19-9-6-10-20-36)44-31(3)15-12-16-32(44)4;17-13-8-4-10-2-6-12-14(18)7-3-9-1-5-11(13)16(10)15(9)12;1-11-7-6-8-12(2)14(11)15-13-9-4-3-5-10-13/h5-28H,1-4H3;1-8H;3-10,15H,1-2H3. The highest BCUT2D eigenvalue weighted by atomic mass is 79.9. The normalized spacial score (nSPS) is 11.3. The van der Waals surface area contributed by atoms with Crippen molar-refractivity contribution in [1.82, 2.24) is 0 Å². The van der Waals surface area contributed by atoms with Crippen molar-refractivity contribution in [2.24, 2.45) is 0 Å². The summed E-state index contributed by atoms with van der Waals surface area (Å²) < 4.78 is 2.31. The van der Waals surface area contributed by atoms with Crippen LogP contribution in [-0.4, -0.2) is 0 Å². The first-order chi connectivity index (χ1) is 38.5. The number of hydrogen-bond acceptors (Lipinski definition) is 3.